The van der Waals surface area contributed by atoms with Gasteiger partial charge in [0.05, 0.1) is 5.01 Å². The summed E-state index contributed by atoms with van der Waals surface area (Å²) in [6.07, 6.45) is 0.693. The van der Waals surface area contributed by atoms with E-state index in [1.807, 2.05) is 7.05 Å². The molecule has 1 amide bonds. The fourth-order valence-electron chi connectivity index (χ4n) is 2.08. The number of aromatic nitrogens is 1. The van der Waals surface area contributed by atoms with Gasteiger partial charge in [-0.3, -0.25) is 4.79 Å². The van der Waals surface area contributed by atoms with Crippen molar-refractivity contribution in [2.75, 3.05) is 26.7 Å². The van der Waals surface area contributed by atoms with Crippen molar-refractivity contribution in [2.24, 2.45) is 5.73 Å². The fraction of sp³-hybridized carbons (Fsp3) is 0.375. The standard InChI is InChI=1S/C16H21FN4OS.2ClH/c1-21(10-12-2-4-13(17)5-3-12)9-8-19-16(22)14-11-23-15(20-14)6-7-18;;/h2-5,11H,6-10,18H2,1H3,(H,19,22);2*1H. The summed E-state index contributed by atoms with van der Waals surface area (Å²) in [5.74, 6) is -0.402. The van der Waals surface area contributed by atoms with E-state index in [2.05, 4.69) is 15.2 Å². The first kappa shape index (κ1) is 23.8. The maximum Gasteiger partial charge on any atom is 0.270 e. The molecule has 1 aromatic carbocycles. The second-order valence-corrected chi connectivity index (χ2v) is 6.23. The molecule has 0 unspecified atom stereocenters. The minimum Gasteiger partial charge on any atom is -0.349 e. The normalized spacial score (nSPS) is 10.1. The molecule has 0 aliphatic carbocycles. The molecular formula is C16H23Cl2FN4OS. The summed E-state index contributed by atoms with van der Waals surface area (Å²) in [5.41, 5.74) is 6.95. The van der Waals surface area contributed by atoms with Crippen molar-refractivity contribution in [3.63, 3.8) is 0 Å². The lowest BCUT2D eigenvalue weighted by Crippen LogP contribution is -2.33. The van der Waals surface area contributed by atoms with Gasteiger partial charge in [0.1, 0.15) is 11.5 Å². The molecule has 0 atom stereocenters. The molecule has 0 fully saturated rings. The second kappa shape index (κ2) is 12.2. The average Bonchev–Trinajstić information content (AvgIpc) is 2.99. The molecule has 0 radical (unpaired) electrons. The summed E-state index contributed by atoms with van der Waals surface area (Å²) >= 11 is 1.45. The van der Waals surface area contributed by atoms with Crippen molar-refractivity contribution in [1.29, 1.82) is 0 Å². The number of hydrogen-bond donors (Lipinski definition) is 2. The van der Waals surface area contributed by atoms with Crippen molar-refractivity contribution >= 4 is 42.1 Å². The molecule has 0 bridgehead atoms. The van der Waals surface area contributed by atoms with E-state index in [4.69, 9.17) is 5.73 Å². The Hall–Kier alpha value is -1.25. The minimum absolute atomic E-state index is 0. The molecule has 5 nitrogen and oxygen atoms in total. The fourth-order valence-corrected chi connectivity index (χ4v) is 2.88. The lowest BCUT2D eigenvalue weighted by atomic mass is 10.2. The number of likely N-dealkylation sites (N-methyl/N-ethyl adjacent to an activating group) is 1. The number of nitrogens with zero attached hydrogens (tertiary/aromatic N) is 2. The number of amides is 1. The van der Waals surface area contributed by atoms with Crippen molar-refractivity contribution in [2.45, 2.75) is 13.0 Å². The molecular weight excluding hydrogens is 386 g/mol. The van der Waals surface area contributed by atoms with E-state index in [1.54, 1.807) is 17.5 Å². The van der Waals surface area contributed by atoms with Crippen LogP contribution in [0.25, 0.3) is 0 Å². The first-order chi connectivity index (χ1) is 11.1. The number of hydrogen-bond acceptors (Lipinski definition) is 5. The van der Waals surface area contributed by atoms with Gasteiger partial charge in [0.2, 0.25) is 0 Å². The first-order valence-electron chi connectivity index (χ1n) is 7.44. The van der Waals surface area contributed by atoms with Gasteiger partial charge in [-0.05, 0) is 31.3 Å². The Morgan fingerprint density at radius 3 is 2.64 bits per heavy atom. The largest absolute Gasteiger partial charge is 0.349 e. The highest BCUT2D eigenvalue weighted by Crippen LogP contribution is 2.10. The van der Waals surface area contributed by atoms with Gasteiger partial charge < -0.3 is 16.0 Å². The number of benzene rings is 1. The van der Waals surface area contributed by atoms with Crippen LogP contribution in [0.4, 0.5) is 4.39 Å². The van der Waals surface area contributed by atoms with E-state index in [0.29, 0.717) is 38.3 Å². The number of carbonyl (C=O) groups is 1. The van der Waals surface area contributed by atoms with E-state index in [9.17, 15) is 9.18 Å². The van der Waals surface area contributed by atoms with Crippen molar-refractivity contribution in [3.05, 3.63) is 51.7 Å². The quantitative estimate of drug-likeness (QED) is 0.703. The smallest absolute Gasteiger partial charge is 0.270 e. The number of nitrogens with two attached hydrogens (primary N) is 1. The molecule has 0 saturated heterocycles. The zero-order valence-electron chi connectivity index (χ0n) is 13.9. The molecule has 140 valence electrons. The van der Waals surface area contributed by atoms with Gasteiger partial charge in [0, 0.05) is 31.4 Å². The molecule has 25 heavy (non-hydrogen) atoms. The van der Waals surface area contributed by atoms with Crippen LogP contribution in [-0.2, 0) is 13.0 Å². The van der Waals surface area contributed by atoms with Crippen LogP contribution in [0, 0.1) is 5.82 Å². The van der Waals surface area contributed by atoms with Crippen LogP contribution >= 0.6 is 36.2 Å². The van der Waals surface area contributed by atoms with E-state index in [0.717, 1.165) is 10.6 Å². The molecule has 2 aromatic rings. The van der Waals surface area contributed by atoms with Gasteiger partial charge in [-0.15, -0.1) is 36.2 Å². The van der Waals surface area contributed by atoms with Gasteiger partial charge in [0.15, 0.2) is 0 Å². The highest BCUT2D eigenvalue weighted by atomic mass is 35.5. The third kappa shape index (κ3) is 8.11. The van der Waals surface area contributed by atoms with Gasteiger partial charge in [-0.2, -0.15) is 0 Å². The zero-order valence-corrected chi connectivity index (χ0v) is 16.4. The Labute approximate surface area is 163 Å². The summed E-state index contributed by atoms with van der Waals surface area (Å²) in [6, 6.07) is 6.43. The number of carbonyl (C=O) groups excluding carboxylic acids is 1. The van der Waals surface area contributed by atoms with Crippen molar-refractivity contribution in [3.8, 4) is 0 Å². The number of halogens is 3. The van der Waals surface area contributed by atoms with Gasteiger partial charge in [0.25, 0.3) is 5.91 Å². The average molecular weight is 409 g/mol. The van der Waals surface area contributed by atoms with Gasteiger partial charge in [-0.1, -0.05) is 12.1 Å². The Balaban J connectivity index is 0.00000288. The molecule has 0 aliphatic heterocycles. The predicted octanol–water partition coefficient (Wildman–Crippen LogP) is 2.49. The third-order valence-electron chi connectivity index (χ3n) is 3.29. The molecule has 3 N–H and O–H groups in total. The van der Waals surface area contributed by atoms with Crippen LogP contribution in [0.5, 0.6) is 0 Å². The highest BCUT2D eigenvalue weighted by molar-refractivity contribution is 7.09. The third-order valence-corrected chi connectivity index (χ3v) is 4.20. The molecule has 9 heteroatoms. The van der Waals surface area contributed by atoms with Crippen LogP contribution in [0.15, 0.2) is 29.6 Å². The Morgan fingerprint density at radius 2 is 2.00 bits per heavy atom. The molecule has 1 heterocycles. The lowest BCUT2D eigenvalue weighted by molar-refractivity contribution is 0.0945. The molecule has 0 saturated carbocycles. The van der Waals surface area contributed by atoms with E-state index < -0.39 is 0 Å². The Bertz CT molecular complexity index is 639. The maximum absolute atomic E-state index is 12.9. The van der Waals surface area contributed by atoms with Crippen LogP contribution < -0.4 is 11.1 Å². The highest BCUT2D eigenvalue weighted by Gasteiger charge is 2.10. The van der Waals surface area contributed by atoms with Crippen LogP contribution in [0.2, 0.25) is 0 Å². The number of rotatable bonds is 8. The van der Waals surface area contributed by atoms with E-state index in [1.165, 1.54) is 23.5 Å². The van der Waals surface area contributed by atoms with Crippen LogP contribution in [0.3, 0.4) is 0 Å². The van der Waals surface area contributed by atoms with E-state index in [-0.39, 0.29) is 36.5 Å². The molecule has 0 aliphatic rings. The molecule has 1 aromatic heterocycles. The number of thiazole rings is 1. The molecule has 0 spiro atoms. The van der Waals surface area contributed by atoms with Gasteiger partial charge >= 0.3 is 0 Å². The maximum atomic E-state index is 12.9. The summed E-state index contributed by atoms with van der Waals surface area (Å²) in [6.45, 7) is 2.46. The van der Waals surface area contributed by atoms with Crippen LogP contribution in [-0.4, -0.2) is 42.5 Å². The zero-order chi connectivity index (χ0) is 16.7. The summed E-state index contributed by atoms with van der Waals surface area (Å²) < 4.78 is 12.9. The Morgan fingerprint density at radius 1 is 1.32 bits per heavy atom. The topological polar surface area (TPSA) is 71.2 Å². The lowest BCUT2D eigenvalue weighted by Gasteiger charge is -2.16. The predicted molar refractivity (Wildman–Crippen MR) is 104 cm³/mol. The van der Waals surface area contributed by atoms with Crippen LogP contribution in [0.1, 0.15) is 21.1 Å². The second-order valence-electron chi connectivity index (χ2n) is 5.29. The van der Waals surface area contributed by atoms with Gasteiger partial charge in [-0.25, -0.2) is 9.37 Å². The molecule has 2 rings (SSSR count). The summed E-state index contributed by atoms with van der Waals surface area (Å²) in [4.78, 5) is 18.3. The van der Waals surface area contributed by atoms with Crippen molar-refractivity contribution in [1.82, 2.24) is 15.2 Å². The van der Waals surface area contributed by atoms with Crippen molar-refractivity contribution < 1.29 is 9.18 Å². The minimum atomic E-state index is -0.235. The first-order valence-corrected chi connectivity index (χ1v) is 8.32. The SMILES string of the molecule is CN(CCNC(=O)c1csc(CCN)n1)Cc1ccc(F)cc1.Cl.Cl. The summed E-state index contributed by atoms with van der Waals surface area (Å²) in [7, 11) is 1.96. The van der Waals surface area contributed by atoms with E-state index >= 15 is 0 Å². The Kier molecular flexibility index (Phi) is 11.6. The summed E-state index contributed by atoms with van der Waals surface area (Å²) in [5, 5.41) is 5.49. The monoisotopic (exact) mass is 408 g/mol. The number of nitrogens with one attached hydrogen (secondary N) is 1.